The summed E-state index contributed by atoms with van der Waals surface area (Å²) in [6.45, 7) is 4.24. The molecule has 6 heteroatoms. The minimum Gasteiger partial charge on any atom is -0.295 e. The van der Waals surface area contributed by atoms with Crippen molar-refractivity contribution in [3.63, 3.8) is 0 Å². The molecule has 0 saturated carbocycles. The van der Waals surface area contributed by atoms with E-state index in [0.717, 1.165) is 23.0 Å². The lowest BCUT2D eigenvalue weighted by Gasteiger charge is -2.22. The van der Waals surface area contributed by atoms with Gasteiger partial charge in [-0.2, -0.15) is 0 Å². The van der Waals surface area contributed by atoms with Crippen molar-refractivity contribution in [2.24, 2.45) is 7.05 Å². The number of aryl methyl sites for hydroxylation is 1. The Labute approximate surface area is 134 Å². The van der Waals surface area contributed by atoms with Gasteiger partial charge in [-0.1, -0.05) is 26.0 Å². The maximum atomic E-state index is 12.7. The molecule has 0 radical (unpaired) electrons. The number of imidazole rings is 1. The monoisotopic (exact) mass is 315 g/mol. The second-order valence-electron chi connectivity index (χ2n) is 6.20. The summed E-state index contributed by atoms with van der Waals surface area (Å²) in [5.74, 6) is -0.355. The number of carbonyl (C=O) groups excluding carboxylic acids is 2. The van der Waals surface area contributed by atoms with Crippen LogP contribution in [0, 0.1) is 0 Å². The highest BCUT2D eigenvalue weighted by molar-refractivity contribution is 6.00. The highest BCUT2D eigenvalue weighted by Crippen LogP contribution is 2.29. The summed E-state index contributed by atoms with van der Waals surface area (Å²) in [4.78, 5) is 36.3. The zero-order valence-electron chi connectivity index (χ0n) is 13.6. The summed E-state index contributed by atoms with van der Waals surface area (Å²) in [5.41, 5.74) is 2.52. The van der Waals surface area contributed by atoms with Crippen molar-refractivity contribution in [2.45, 2.75) is 45.1 Å². The van der Waals surface area contributed by atoms with Gasteiger partial charge in [0.05, 0.1) is 11.0 Å². The second-order valence-corrected chi connectivity index (χ2v) is 6.20. The fourth-order valence-electron chi connectivity index (χ4n) is 3.32. The maximum Gasteiger partial charge on any atom is 0.329 e. The number of nitrogens with zero attached hydrogens (tertiary/aromatic N) is 2. The van der Waals surface area contributed by atoms with Gasteiger partial charge in [0, 0.05) is 13.5 Å². The third-order valence-corrected chi connectivity index (χ3v) is 4.80. The number of amides is 2. The number of fused-ring (bicyclic) bond motifs is 1. The van der Waals surface area contributed by atoms with Gasteiger partial charge in [0.1, 0.15) is 6.04 Å². The van der Waals surface area contributed by atoms with E-state index >= 15 is 0 Å². The van der Waals surface area contributed by atoms with E-state index < -0.39 is 11.9 Å². The first-order valence-corrected chi connectivity index (χ1v) is 7.99. The van der Waals surface area contributed by atoms with Crippen molar-refractivity contribution in [3.05, 3.63) is 34.2 Å². The number of benzene rings is 1. The van der Waals surface area contributed by atoms with E-state index in [4.69, 9.17) is 0 Å². The van der Waals surface area contributed by atoms with Crippen LogP contribution < -0.4 is 11.0 Å². The quantitative estimate of drug-likeness (QED) is 0.878. The molecule has 1 N–H and O–H groups in total. The van der Waals surface area contributed by atoms with E-state index in [-0.39, 0.29) is 18.0 Å². The molecule has 1 aliphatic rings. The molecule has 2 unspecified atom stereocenters. The zero-order valence-corrected chi connectivity index (χ0v) is 13.6. The van der Waals surface area contributed by atoms with Gasteiger partial charge in [-0.15, -0.1) is 0 Å². The molecular formula is C17H21N3O3. The van der Waals surface area contributed by atoms with E-state index in [1.165, 1.54) is 4.57 Å². The highest BCUT2D eigenvalue weighted by atomic mass is 16.2. The lowest BCUT2D eigenvalue weighted by atomic mass is 9.97. The number of rotatable bonds is 3. The Kier molecular flexibility index (Phi) is 3.83. The van der Waals surface area contributed by atoms with Crippen LogP contribution in [0.5, 0.6) is 0 Å². The molecule has 0 spiro atoms. The third-order valence-electron chi connectivity index (χ3n) is 4.80. The van der Waals surface area contributed by atoms with Crippen LogP contribution in [0.2, 0.25) is 0 Å². The average molecular weight is 315 g/mol. The topological polar surface area (TPSA) is 73.1 Å². The van der Waals surface area contributed by atoms with Gasteiger partial charge in [0.25, 0.3) is 0 Å². The summed E-state index contributed by atoms with van der Waals surface area (Å²) >= 11 is 0. The van der Waals surface area contributed by atoms with Gasteiger partial charge < -0.3 is 0 Å². The molecule has 1 saturated heterocycles. The first-order valence-electron chi connectivity index (χ1n) is 7.99. The van der Waals surface area contributed by atoms with E-state index in [9.17, 15) is 14.4 Å². The predicted molar refractivity (Wildman–Crippen MR) is 87.3 cm³/mol. The minimum atomic E-state index is -0.629. The number of carbonyl (C=O) groups is 2. The van der Waals surface area contributed by atoms with Gasteiger partial charge in [0.2, 0.25) is 11.8 Å². The van der Waals surface area contributed by atoms with Gasteiger partial charge in [-0.3, -0.25) is 24.0 Å². The van der Waals surface area contributed by atoms with Gasteiger partial charge >= 0.3 is 5.69 Å². The smallest absolute Gasteiger partial charge is 0.295 e. The van der Waals surface area contributed by atoms with Crippen molar-refractivity contribution < 1.29 is 9.59 Å². The molecule has 2 atom stereocenters. The van der Waals surface area contributed by atoms with Crippen molar-refractivity contribution in [1.29, 1.82) is 0 Å². The van der Waals surface area contributed by atoms with Crippen LogP contribution in [-0.2, 0) is 16.6 Å². The van der Waals surface area contributed by atoms with Crippen molar-refractivity contribution in [2.75, 3.05) is 0 Å². The molecule has 1 aliphatic heterocycles. The Balaban J connectivity index is 2.23. The molecule has 23 heavy (non-hydrogen) atoms. The summed E-state index contributed by atoms with van der Waals surface area (Å²) in [7, 11) is 1.74. The molecule has 1 fully saturated rings. The summed E-state index contributed by atoms with van der Waals surface area (Å²) in [6.07, 6.45) is 1.58. The van der Waals surface area contributed by atoms with Crippen LogP contribution in [0.4, 0.5) is 0 Å². The van der Waals surface area contributed by atoms with Gasteiger partial charge in [-0.25, -0.2) is 4.79 Å². The van der Waals surface area contributed by atoms with Gasteiger partial charge in [-0.05, 0) is 30.4 Å². The molecule has 1 aromatic heterocycles. The minimum absolute atomic E-state index is 0.217. The van der Waals surface area contributed by atoms with E-state index in [1.807, 2.05) is 18.2 Å². The Morgan fingerprint density at radius 2 is 2.04 bits per heavy atom. The fraction of sp³-hybridized carbons (Fsp3) is 0.471. The summed E-state index contributed by atoms with van der Waals surface area (Å²) in [6, 6.07) is 5.19. The van der Waals surface area contributed by atoms with Crippen molar-refractivity contribution >= 4 is 22.8 Å². The Bertz CT molecular complexity index is 847. The van der Waals surface area contributed by atoms with Gasteiger partial charge in [0.15, 0.2) is 0 Å². The lowest BCUT2D eigenvalue weighted by molar-refractivity contribution is -0.135. The molecule has 122 valence electrons. The van der Waals surface area contributed by atoms with Crippen LogP contribution in [0.3, 0.4) is 0 Å². The first-order chi connectivity index (χ1) is 11.0. The zero-order chi connectivity index (χ0) is 16.7. The van der Waals surface area contributed by atoms with Crippen molar-refractivity contribution in [1.82, 2.24) is 14.5 Å². The molecule has 2 heterocycles. The average Bonchev–Trinajstić information content (AvgIpc) is 2.79. The Morgan fingerprint density at radius 1 is 1.30 bits per heavy atom. The van der Waals surface area contributed by atoms with Crippen LogP contribution in [-0.4, -0.2) is 20.9 Å². The number of hydrogen-bond donors (Lipinski definition) is 1. The standard InChI is InChI=1S/C17H21N3O3/c1-4-10(2)11-6-5-7-12-15(11)19(3)17(23)20(12)13-8-9-14(21)18-16(13)22/h5-7,10,13H,4,8-9H2,1-3H3,(H,18,21,22). The number of piperidine rings is 1. The maximum absolute atomic E-state index is 12.7. The van der Waals surface area contributed by atoms with Crippen molar-refractivity contribution in [3.8, 4) is 0 Å². The molecule has 2 aromatic rings. The SMILES string of the molecule is CCC(C)c1cccc2c1n(C)c(=O)n2C1CCC(=O)NC1=O. The molecule has 6 nitrogen and oxygen atoms in total. The Hall–Kier alpha value is -2.37. The molecule has 1 aromatic carbocycles. The molecule has 2 amide bonds. The van der Waals surface area contributed by atoms with Crippen LogP contribution >= 0.6 is 0 Å². The van der Waals surface area contributed by atoms with Crippen LogP contribution in [0.25, 0.3) is 11.0 Å². The predicted octanol–water partition coefficient (Wildman–Crippen LogP) is 1.83. The fourth-order valence-corrected chi connectivity index (χ4v) is 3.32. The normalized spacial score (nSPS) is 19.9. The first kappa shape index (κ1) is 15.5. The lowest BCUT2D eigenvalue weighted by Crippen LogP contribution is -2.44. The second kappa shape index (κ2) is 5.68. The van der Waals surface area contributed by atoms with E-state index in [2.05, 4.69) is 19.2 Å². The molecule has 3 rings (SSSR count). The number of nitrogens with one attached hydrogen (secondary N) is 1. The van der Waals surface area contributed by atoms with E-state index in [0.29, 0.717) is 12.3 Å². The van der Waals surface area contributed by atoms with E-state index in [1.54, 1.807) is 11.6 Å². The summed E-state index contributed by atoms with van der Waals surface area (Å²) in [5, 5.41) is 2.33. The number of para-hydroxylation sites is 1. The number of imide groups is 1. The highest BCUT2D eigenvalue weighted by Gasteiger charge is 2.31. The summed E-state index contributed by atoms with van der Waals surface area (Å²) < 4.78 is 3.14. The van der Waals surface area contributed by atoms with Crippen LogP contribution in [0.1, 0.15) is 50.6 Å². The largest absolute Gasteiger partial charge is 0.329 e. The number of hydrogen-bond acceptors (Lipinski definition) is 3. The third kappa shape index (κ3) is 2.38. The Morgan fingerprint density at radius 3 is 2.70 bits per heavy atom. The molecule has 0 bridgehead atoms. The molecule has 0 aliphatic carbocycles. The number of aromatic nitrogens is 2. The van der Waals surface area contributed by atoms with Crippen LogP contribution in [0.15, 0.2) is 23.0 Å². The molecular weight excluding hydrogens is 294 g/mol.